The van der Waals surface area contributed by atoms with Crippen molar-refractivity contribution in [3.63, 3.8) is 0 Å². The molecule has 0 spiro atoms. The van der Waals surface area contributed by atoms with Crippen molar-refractivity contribution in [2.75, 3.05) is 19.7 Å². The molecule has 0 rings (SSSR count). The molecule has 0 aliphatic rings. The Morgan fingerprint density at radius 3 is 2.33 bits per heavy atom. The van der Waals surface area contributed by atoms with E-state index in [9.17, 15) is 4.79 Å². The molecule has 0 bridgehead atoms. The molecule has 0 amide bonds. The van der Waals surface area contributed by atoms with Gasteiger partial charge < -0.3 is 16.2 Å². The molecule has 0 aromatic carbocycles. The van der Waals surface area contributed by atoms with Crippen LogP contribution in [0.4, 0.5) is 0 Å². The van der Waals surface area contributed by atoms with Gasteiger partial charge in [-0.25, -0.2) is 0 Å². The molecule has 0 atom stereocenters. The summed E-state index contributed by atoms with van der Waals surface area (Å²) in [4.78, 5) is 10.9. The first-order chi connectivity index (χ1) is 5.81. The Bertz CT molecular complexity index is 118. The lowest BCUT2D eigenvalue weighted by molar-refractivity contribution is -0.143. The van der Waals surface area contributed by atoms with Crippen LogP contribution in [-0.2, 0) is 9.53 Å². The van der Waals surface area contributed by atoms with Gasteiger partial charge in [-0.15, -0.1) is 0 Å². The number of carbonyl (C=O) groups excluding carboxylic acids is 1. The molecule has 0 aliphatic heterocycles. The highest BCUT2D eigenvalue weighted by atomic mass is 16.5. The zero-order chi connectivity index (χ0) is 9.23. The topological polar surface area (TPSA) is 78.3 Å². The van der Waals surface area contributed by atoms with Crippen LogP contribution in [0.1, 0.15) is 25.7 Å². The fourth-order valence-electron chi connectivity index (χ4n) is 0.751. The highest BCUT2D eigenvalue weighted by Crippen LogP contribution is 1.93. The van der Waals surface area contributed by atoms with Crippen LogP contribution in [0.5, 0.6) is 0 Å². The van der Waals surface area contributed by atoms with E-state index in [0.717, 1.165) is 12.8 Å². The number of esters is 1. The van der Waals surface area contributed by atoms with E-state index in [1.165, 1.54) is 0 Å². The lowest BCUT2D eigenvalue weighted by atomic mass is 10.3. The zero-order valence-electron chi connectivity index (χ0n) is 7.42. The minimum Gasteiger partial charge on any atom is -0.466 e. The van der Waals surface area contributed by atoms with Gasteiger partial charge in [0.1, 0.15) is 0 Å². The van der Waals surface area contributed by atoms with Gasteiger partial charge in [-0.2, -0.15) is 0 Å². The first-order valence-electron chi connectivity index (χ1n) is 4.37. The van der Waals surface area contributed by atoms with Gasteiger partial charge >= 0.3 is 5.97 Å². The third-order valence-corrected chi connectivity index (χ3v) is 1.45. The number of hydrogen-bond acceptors (Lipinski definition) is 4. The molecular formula is C8H18N2O2. The fourth-order valence-corrected chi connectivity index (χ4v) is 0.751. The van der Waals surface area contributed by atoms with Crippen LogP contribution in [0.2, 0.25) is 0 Å². The largest absolute Gasteiger partial charge is 0.466 e. The number of ether oxygens (including phenoxy) is 1. The molecule has 0 fully saturated rings. The third kappa shape index (κ3) is 7.50. The van der Waals surface area contributed by atoms with Gasteiger partial charge in [0.25, 0.3) is 0 Å². The summed E-state index contributed by atoms with van der Waals surface area (Å²) >= 11 is 0. The Morgan fingerprint density at radius 1 is 1.08 bits per heavy atom. The Labute approximate surface area is 73.2 Å². The molecule has 12 heavy (non-hydrogen) atoms. The molecule has 0 aromatic rings. The smallest absolute Gasteiger partial charge is 0.305 e. The van der Waals surface area contributed by atoms with E-state index >= 15 is 0 Å². The van der Waals surface area contributed by atoms with E-state index in [1.807, 2.05) is 0 Å². The average molecular weight is 174 g/mol. The number of carbonyl (C=O) groups is 1. The van der Waals surface area contributed by atoms with Gasteiger partial charge in [-0.05, 0) is 32.4 Å². The van der Waals surface area contributed by atoms with Crippen LogP contribution in [0.25, 0.3) is 0 Å². The summed E-state index contributed by atoms with van der Waals surface area (Å²) in [6, 6.07) is 0. The number of hydrogen-bond donors (Lipinski definition) is 2. The van der Waals surface area contributed by atoms with E-state index in [1.54, 1.807) is 0 Å². The highest BCUT2D eigenvalue weighted by Gasteiger charge is 2.00. The first-order valence-corrected chi connectivity index (χ1v) is 4.37. The second kappa shape index (κ2) is 8.49. The maximum atomic E-state index is 10.9. The maximum absolute atomic E-state index is 10.9. The van der Waals surface area contributed by atoms with Gasteiger partial charge in [-0.1, -0.05) is 0 Å². The molecule has 0 aliphatic carbocycles. The summed E-state index contributed by atoms with van der Waals surface area (Å²) in [5, 5.41) is 0. The molecule has 4 heteroatoms. The van der Waals surface area contributed by atoms with E-state index in [-0.39, 0.29) is 5.97 Å². The van der Waals surface area contributed by atoms with Gasteiger partial charge in [-0.3, -0.25) is 4.79 Å². The summed E-state index contributed by atoms with van der Waals surface area (Å²) in [5.41, 5.74) is 10.5. The van der Waals surface area contributed by atoms with E-state index in [2.05, 4.69) is 0 Å². The predicted molar refractivity (Wildman–Crippen MR) is 47.5 cm³/mol. The molecule has 0 unspecified atom stereocenters. The maximum Gasteiger partial charge on any atom is 0.305 e. The van der Waals surface area contributed by atoms with Gasteiger partial charge in [0, 0.05) is 6.42 Å². The summed E-state index contributed by atoms with van der Waals surface area (Å²) in [6.07, 6.45) is 2.89. The Kier molecular flexibility index (Phi) is 8.05. The van der Waals surface area contributed by atoms with Crippen molar-refractivity contribution in [2.45, 2.75) is 25.7 Å². The highest BCUT2D eigenvalue weighted by molar-refractivity contribution is 5.69. The van der Waals surface area contributed by atoms with Gasteiger partial charge in [0.05, 0.1) is 6.61 Å². The molecule has 72 valence electrons. The van der Waals surface area contributed by atoms with Crippen LogP contribution in [0.15, 0.2) is 0 Å². The van der Waals surface area contributed by atoms with Crippen molar-refractivity contribution in [1.82, 2.24) is 0 Å². The molecule has 0 saturated heterocycles. The number of rotatable bonds is 7. The summed E-state index contributed by atoms with van der Waals surface area (Å²) < 4.78 is 4.90. The SMILES string of the molecule is NCCCCOC(=O)CCCN. The standard InChI is InChI=1S/C8H18N2O2/c9-5-1-2-7-12-8(11)4-3-6-10/h1-7,9-10H2. The summed E-state index contributed by atoms with van der Waals surface area (Å²) in [6.45, 7) is 1.68. The minimum atomic E-state index is -0.155. The predicted octanol–water partition coefficient (Wildman–Crippen LogP) is 0.00740. The summed E-state index contributed by atoms with van der Waals surface area (Å²) in [7, 11) is 0. The molecule has 0 radical (unpaired) electrons. The first kappa shape index (κ1) is 11.4. The van der Waals surface area contributed by atoms with Crippen LogP contribution in [0.3, 0.4) is 0 Å². The fraction of sp³-hybridized carbons (Fsp3) is 0.875. The van der Waals surface area contributed by atoms with Crippen molar-refractivity contribution >= 4 is 5.97 Å². The molecule has 4 N–H and O–H groups in total. The van der Waals surface area contributed by atoms with Crippen molar-refractivity contribution in [2.24, 2.45) is 11.5 Å². The van der Waals surface area contributed by atoms with Gasteiger partial charge in [0.2, 0.25) is 0 Å². The van der Waals surface area contributed by atoms with Crippen LogP contribution < -0.4 is 11.5 Å². The van der Waals surface area contributed by atoms with E-state index in [0.29, 0.717) is 32.5 Å². The van der Waals surface area contributed by atoms with Gasteiger partial charge in [0.15, 0.2) is 0 Å². The zero-order valence-corrected chi connectivity index (χ0v) is 7.42. The van der Waals surface area contributed by atoms with Crippen LogP contribution in [-0.4, -0.2) is 25.7 Å². The second-order valence-corrected chi connectivity index (χ2v) is 2.61. The Hall–Kier alpha value is -0.610. The lowest BCUT2D eigenvalue weighted by Crippen LogP contribution is -2.09. The molecule has 4 nitrogen and oxygen atoms in total. The van der Waals surface area contributed by atoms with Crippen LogP contribution >= 0.6 is 0 Å². The Morgan fingerprint density at radius 2 is 1.75 bits per heavy atom. The number of nitrogens with two attached hydrogens (primary N) is 2. The van der Waals surface area contributed by atoms with E-state index < -0.39 is 0 Å². The van der Waals surface area contributed by atoms with Crippen molar-refractivity contribution in [3.8, 4) is 0 Å². The van der Waals surface area contributed by atoms with Crippen LogP contribution in [0, 0.1) is 0 Å². The molecular weight excluding hydrogens is 156 g/mol. The normalized spacial score (nSPS) is 9.83. The molecule has 0 saturated carbocycles. The minimum absolute atomic E-state index is 0.155. The monoisotopic (exact) mass is 174 g/mol. The van der Waals surface area contributed by atoms with Crippen molar-refractivity contribution in [1.29, 1.82) is 0 Å². The van der Waals surface area contributed by atoms with E-state index in [4.69, 9.17) is 16.2 Å². The summed E-state index contributed by atoms with van der Waals surface area (Å²) in [5.74, 6) is -0.155. The second-order valence-electron chi connectivity index (χ2n) is 2.61. The third-order valence-electron chi connectivity index (χ3n) is 1.45. The molecule has 0 heterocycles. The quantitative estimate of drug-likeness (QED) is 0.421. The number of unbranched alkanes of at least 4 members (excludes halogenated alkanes) is 1. The Balaban J connectivity index is 3.08. The lowest BCUT2D eigenvalue weighted by Gasteiger charge is -2.02. The van der Waals surface area contributed by atoms with Crippen molar-refractivity contribution < 1.29 is 9.53 Å². The molecule has 0 aromatic heterocycles. The average Bonchev–Trinajstić information content (AvgIpc) is 2.09. The van der Waals surface area contributed by atoms with Crippen molar-refractivity contribution in [3.05, 3.63) is 0 Å².